The van der Waals surface area contributed by atoms with E-state index in [1.807, 2.05) is 49.0 Å². The molecule has 0 aliphatic carbocycles. The molecule has 1 fully saturated rings. The number of phenols is 1. The number of hydrogen-bond donors (Lipinski definition) is 2. The number of rotatable bonds is 11. The predicted octanol–water partition coefficient (Wildman–Crippen LogP) is 7.26. The molecule has 0 bridgehead atoms. The maximum Gasteiger partial charge on any atom is 0.128 e. The average Bonchev–Trinajstić information content (AvgIpc) is 3.33. The third-order valence-corrected chi connectivity index (χ3v) is 7.59. The Labute approximate surface area is 246 Å². The number of para-hydroxylation sites is 1. The topological polar surface area (TPSA) is 77.1 Å². The molecule has 1 atom stereocenters. The van der Waals surface area contributed by atoms with Crippen LogP contribution in [0.3, 0.4) is 0 Å². The Morgan fingerprint density at radius 2 is 1.83 bits per heavy atom. The largest absolute Gasteiger partial charge is 0.507 e. The highest BCUT2D eigenvalue weighted by Crippen LogP contribution is 2.26. The zero-order valence-corrected chi connectivity index (χ0v) is 25.2. The van der Waals surface area contributed by atoms with Gasteiger partial charge in [-0.2, -0.15) is 10.4 Å². The quantitative estimate of drug-likeness (QED) is 0.194. The number of benzene rings is 2. The summed E-state index contributed by atoms with van der Waals surface area (Å²) in [5, 5.41) is 27.7. The highest BCUT2D eigenvalue weighted by Gasteiger charge is 2.21. The van der Waals surface area contributed by atoms with Crippen LogP contribution in [0.1, 0.15) is 61.1 Å². The molecule has 2 heterocycles. The number of nitriles is 1. The van der Waals surface area contributed by atoms with Gasteiger partial charge in [0.25, 0.3) is 0 Å². The van der Waals surface area contributed by atoms with Gasteiger partial charge in [0.2, 0.25) is 0 Å². The molecular weight excluding hydrogens is 506 g/mol. The number of hydrogen-bond acceptors (Lipinski definition) is 5. The Morgan fingerprint density at radius 3 is 2.51 bits per heavy atom. The van der Waals surface area contributed by atoms with Gasteiger partial charge in [0.15, 0.2) is 0 Å². The molecule has 4 rings (SSSR count). The summed E-state index contributed by atoms with van der Waals surface area (Å²) in [7, 11) is 0. The summed E-state index contributed by atoms with van der Waals surface area (Å²) in [4.78, 5) is 2.54. The van der Waals surface area contributed by atoms with Crippen molar-refractivity contribution in [3.63, 3.8) is 0 Å². The van der Waals surface area contributed by atoms with Crippen LogP contribution in [0, 0.1) is 31.1 Å². The van der Waals surface area contributed by atoms with Crippen molar-refractivity contribution in [1.82, 2.24) is 20.0 Å². The van der Waals surface area contributed by atoms with E-state index >= 15 is 0 Å². The number of nitrogens with one attached hydrogen (secondary N) is 1. The number of aromatic nitrogens is 2. The predicted molar refractivity (Wildman–Crippen MR) is 170 cm³/mol. The van der Waals surface area contributed by atoms with Gasteiger partial charge in [-0.05, 0) is 86.4 Å². The van der Waals surface area contributed by atoms with Gasteiger partial charge in [-0.1, -0.05) is 69.5 Å². The van der Waals surface area contributed by atoms with Crippen LogP contribution in [0.15, 0.2) is 79.5 Å². The lowest BCUT2D eigenvalue weighted by Crippen LogP contribution is -2.39. The minimum atomic E-state index is 0.214. The molecule has 2 aromatic carbocycles. The first kappa shape index (κ1) is 31.4. The van der Waals surface area contributed by atoms with Crippen molar-refractivity contribution in [2.45, 2.75) is 59.9 Å². The van der Waals surface area contributed by atoms with E-state index in [4.69, 9.17) is 5.26 Å². The fourth-order valence-electron chi connectivity index (χ4n) is 5.16. The van der Waals surface area contributed by atoms with Crippen molar-refractivity contribution in [2.75, 3.05) is 19.6 Å². The first-order valence-electron chi connectivity index (χ1n) is 14.7. The van der Waals surface area contributed by atoms with Crippen LogP contribution in [0.2, 0.25) is 0 Å². The summed E-state index contributed by atoms with van der Waals surface area (Å²) < 4.78 is 1.92. The standard InChI is InChI=1S/C33H39N5O.C2H6/c1-24(19-34)15-16-29-11-5-6-12-30(29)23-37-17-9-10-28(22-37)21-35-33(38-27(4)26(3)20-36-38)18-25(2)31-13-7-8-14-32(31)39;1-2/h5-8,11-14,18,20,28,35,39H,1-2,9-10,15-17,21-23H2,3-4H3;1-2H3/b33-18-;. The zero-order chi connectivity index (χ0) is 29.8. The molecule has 1 unspecified atom stereocenters. The van der Waals surface area contributed by atoms with Gasteiger partial charge in [-0.25, -0.2) is 4.68 Å². The molecule has 41 heavy (non-hydrogen) atoms. The molecule has 1 aromatic heterocycles. The SMILES string of the molecule is C=C(C#N)CCc1ccccc1CN1CCCC(CN/C(=C/C(=C)c2ccccc2O)n2ncc(C)c2C)C1.CC. The highest BCUT2D eigenvalue weighted by atomic mass is 16.3. The van der Waals surface area contributed by atoms with Gasteiger partial charge in [0.1, 0.15) is 11.6 Å². The number of aryl methyl sites for hydroxylation is 2. The van der Waals surface area contributed by atoms with Crippen LogP contribution in [0.5, 0.6) is 5.75 Å². The average molecular weight is 552 g/mol. The number of nitrogens with zero attached hydrogens (tertiary/aromatic N) is 4. The number of aromatic hydroxyl groups is 1. The van der Waals surface area contributed by atoms with Crippen LogP contribution in [-0.4, -0.2) is 39.4 Å². The van der Waals surface area contributed by atoms with Crippen molar-refractivity contribution in [1.29, 1.82) is 5.26 Å². The summed E-state index contributed by atoms with van der Waals surface area (Å²) in [6.07, 6.45) is 7.72. The molecule has 1 aliphatic rings. The molecule has 216 valence electrons. The van der Waals surface area contributed by atoms with Gasteiger partial charge in [0.05, 0.1) is 12.3 Å². The summed E-state index contributed by atoms with van der Waals surface area (Å²) in [5.74, 6) is 1.56. The number of piperidine rings is 1. The van der Waals surface area contributed by atoms with E-state index in [1.165, 1.54) is 11.1 Å². The second-order valence-corrected chi connectivity index (χ2v) is 10.5. The minimum Gasteiger partial charge on any atom is -0.507 e. The summed E-state index contributed by atoms with van der Waals surface area (Å²) >= 11 is 0. The van der Waals surface area contributed by atoms with E-state index in [0.29, 0.717) is 23.5 Å². The molecule has 0 radical (unpaired) electrons. The summed E-state index contributed by atoms with van der Waals surface area (Å²) in [6.45, 7) is 20.0. The number of allylic oxidation sites excluding steroid dienone is 3. The summed E-state index contributed by atoms with van der Waals surface area (Å²) in [5.41, 5.74) is 6.89. The third kappa shape index (κ3) is 8.70. The molecule has 2 N–H and O–H groups in total. The van der Waals surface area contributed by atoms with Crippen LogP contribution < -0.4 is 5.32 Å². The minimum absolute atomic E-state index is 0.214. The van der Waals surface area contributed by atoms with Crippen molar-refractivity contribution in [2.24, 2.45) is 5.92 Å². The van der Waals surface area contributed by atoms with Crippen LogP contribution in [0.4, 0.5) is 0 Å². The Bertz CT molecular complexity index is 1390. The summed E-state index contributed by atoms with van der Waals surface area (Å²) in [6, 6.07) is 18.0. The number of phenolic OH excluding ortho intramolecular Hbond substituents is 1. The normalized spacial score (nSPS) is 15.4. The first-order chi connectivity index (χ1) is 19.9. The van der Waals surface area contributed by atoms with E-state index in [2.05, 4.69) is 72.7 Å². The lowest BCUT2D eigenvalue weighted by molar-refractivity contribution is 0.167. The molecule has 0 spiro atoms. The van der Waals surface area contributed by atoms with Gasteiger partial charge in [0, 0.05) is 36.5 Å². The highest BCUT2D eigenvalue weighted by molar-refractivity contribution is 5.80. The lowest BCUT2D eigenvalue weighted by atomic mass is 9.96. The molecule has 0 saturated carbocycles. The molecular formula is C35H45N5O. The van der Waals surface area contributed by atoms with Crippen molar-refractivity contribution in [3.05, 3.63) is 107 Å². The maximum atomic E-state index is 10.3. The second-order valence-electron chi connectivity index (χ2n) is 10.5. The monoisotopic (exact) mass is 551 g/mol. The fraction of sp³-hybridized carbons (Fsp3) is 0.371. The Hall–Kier alpha value is -4.08. The van der Waals surface area contributed by atoms with E-state index in [-0.39, 0.29) is 5.75 Å². The van der Waals surface area contributed by atoms with Gasteiger partial charge in [-0.15, -0.1) is 0 Å². The van der Waals surface area contributed by atoms with Crippen LogP contribution in [-0.2, 0) is 13.0 Å². The van der Waals surface area contributed by atoms with E-state index < -0.39 is 0 Å². The van der Waals surface area contributed by atoms with Crippen molar-refractivity contribution < 1.29 is 5.11 Å². The van der Waals surface area contributed by atoms with Crippen LogP contribution >= 0.6 is 0 Å². The smallest absolute Gasteiger partial charge is 0.128 e. The van der Waals surface area contributed by atoms with E-state index in [1.54, 1.807) is 6.07 Å². The molecule has 0 amide bonds. The van der Waals surface area contributed by atoms with Crippen molar-refractivity contribution in [3.8, 4) is 11.8 Å². The second kappa shape index (κ2) is 15.6. The van der Waals surface area contributed by atoms with Crippen molar-refractivity contribution >= 4 is 11.4 Å². The fourth-order valence-corrected chi connectivity index (χ4v) is 5.16. The Morgan fingerprint density at radius 1 is 1.12 bits per heavy atom. The van der Waals surface area contributed by atoms with Gasteiger partial charge >= 0.3 is 0 Å². The molecule has 1 saturated heterocycles. The Kier molecular flexibility index (Phi) is 12.0. The lowest BCUT2D eigenvalue weighted by Gasteiger charge is -2.33. The van der Waals surface area contributed by atoms with Gasteiger partial charge in [-0.3, -0.25) is 4.90 Å². The third-order valence-electron chi connectivity index (χ3n) is 7.59. The van der Waals surface area contributed by atoms with E-state index in [0.717, 1.165) is 68.1 Å². The maximum absolute atomic E-state index is 10.3. The molecule has 6 heteroatoms. The molecule has 1 aliphatic heterocycles. The Balaban J connectivity index is 0.00000226. The number of likely N-dealkylation sites (tertiary alicyclic amines) is 1. The van der Waals surface area contributed by atoms with Gasteiger partial charge < -0.3 is 10.4 Å². The first-order valence-corrected chi connectivity index (χ1v) is 14.7. The van der Waals surface area contributed by atoms with Crippen LogP contribution in [0.25, 0.3) is 11.4 Å². The molecule has 6 nitrogen and oxygen atoms in total. The zero-order valence-electron chi connectivity index (χ0n) is 25.2. The molecule has 3 aromatic rings. The van der Waals surface area contributed by atoms with E-state index in [9.17, 15) is 5.11 Å².